The molecule has 0 saturated carbocycles. The van der Waals surface area contributed by atoms with Gasteiger partial charge < -0.3 is 14.2 Å². The number of hydrogen-bond donors (Lipinski definition) is 1. The van der Waals surface area contributed by atoms with Gasteiger partial charge in [0.15, 0.2) is 0 Å². The quantitative estimate of drug-likeness (QED) is 0.485. The fraction of sp³-hybridized carbons (Fsp3) is 0.524. The Labute approximate surface area is 183 Å². The lowest BCUT2D eigenvalue weighted by Crippen LogP contribution is -2.38. The van der Waals surface area contributed by atoms with E-state index in [0.717, 1.165) is 49.0 Å². The second-order valence-electron chi connectivity index (χ2n) is 7.51. The van der Waals surface area contributed by atoms with Crippen molar-refractivity contribution in [2.24, 2.45) is 14.1 Å². The van der Waals surface area contributed by atoms with Crippen LogP contribution in [0.3, 0.4) is 0 Å². The van der Waals surface area contributed by atoms with Gasteiger partial charge in [0.05, 0.1) is 12.9 Å². The molecule has 0 aliphatic heterocycles. The second kappa shape index (κ2) is 11.1. The van der Waals surface area contributed by atoms with Gasteiger partial charge in [0.2, 0.25) is 10.0 Å². The number of aromatic nitrogens is 2. The number of rotatable bonds is 12. The lowest BCUT2D eigenvalue weighted by atomic mass is 10.2. The average molecular weight is 453 g/mol. The zero-order valence-corrected chi connectivity index (χ0v) is 19.4. The molecule has 0 saturated heterocycles. The Bertz CT molecular complexity index is 1070. The fourth-order valence-corrected chi connectivity index (χ4v) is 3.81. The van der Waals surface area contributed by atoms with Gasteiger partial charge in [-0.3, -0.25) is 14.1 Å². The molecule has 172 valence electrons. The highest BCUT2D eigenvalue weighted by atomic mass is 32.2. The lowest BCUT2D eigenvalue weighted by Gasteiger charge is -2.20. The van der Waals surface area contributed by atoms with Crippen molar-refractivity contribution in [2.75, 3.05) is 37.2 Å². The number of anilines is 1. The largest absolute Gasteiger partial charge is 0.494 e. The van der Waals surface area contributed by atoms with E-state index in [1.54, 1.807) is 31.3 Å². The molecule has 9 nitrogen and oxygen atoms in total. The molecule has 31 heavy (non-hydrogen) atoms. The zero-order valence-electron chi connectivity index (χ0n) is 18.6. The third-order valence-corrected chi connectivity index (χ3v) is 5.63. The Morgan fingerprint density at radius 1 is 1.03 bits per heavy atom. The highest BCUT2D eigenvalue weighted by Crippen LogP contribution is 2.16. The average Bonchev–Trinajstić information content (AvgIpc) is 2.71. The van der Waals surface area contributed by atoms with Crippen LogP contribution in [0.15, 0.2) is 39.9 Å². The van der Waals surface area contributed by atoms with E-state index in [0.29, 0.717) is 24.5 Å². The number of nitrogens with zero attached hydrogens (tertiary/aromatic N) is 3. The predicted molar refractivity (Wildman–Crippen MR) is 122 cm³/mol. The lowest BCUT2D eigenvalue weighted by molar-refractivity contribution is 0.239. The molecular weight excluding hydrogens is 420 g/mol. The standard InChI is InChI=1S/C21H32N4O5S/c1-5-25(13-6-8-18-16-20(26)24(3)21(27)23(18)2)14-7-15-30-19-11-9-17(10-12-19)22-31(4,28)29/h9-12,16,22H,5-8,13-15H2,1-4H3. The summed E-state index contributed by atoms with van der Waals surface area (Å²) >= 11 is 0. The molecule has 0 fully saturated rings. The van der Waals surface area contributed by atoms with Crippen molar-refractivity contribution in [3.05, 3.63) is 56.9 Å². The molecule has 10 heteroatoms. The van der Waals surface area contributed by atoms with Gasteiger partial charge in [-0.25, -0.2) is 13.2 Å². The van der Waals surface area contributed by atoms with E-state index in [-0.39, 0.29) is 11.2 Å². The first-order valence-electron chi connectivity index (χ1n) is 10.3. The Hall–Kier alpha value is -2.59. The molecule has 0 bridgehead atoms. The topological polar surface area (TPSA) is 103 Å². The summed E-state index contributed by atoms with van der Waals surface area (Å²) in [4.78, 5) is 26.1. The number of hydrogen-bond acceptors (Lipinski definition) is 6. The van der Waals surface area contributed by atoms with Crippen LogP contribution in [0.25, 0.3) is 0 Å². The summed E-state index contributed by atoms with van der Waals surface area (Å²) in [7, 11) is -0.115. The van der Waals surface area contributed by atoms with Gasteiger partial charge in [0.25, 0.3) is 5.56 Å². The third-order valence-electron chi connectivity index (χ3n) is 5.02. The predicted octanol–water partition coefficient (Wildman–Crippen LogP) is 1.18. The van der Waals surface area contributed by atoms with Crippen molar-refractivity contribution in [3.8, 4) is 5.75 Å². The molecule has 2 rings (SSSR count). The first-order chi connectivity index (χ1) is 14.6. The van der Waals surface area contributed by atoms with Gasteiger partial charge in [-0.1, -0.05) is 6.92 Å². The van der Waals surface area contributed by atoms with Gasteiger partial charge in [0, 0.05) is 38.1 Å². The molecule has 2 aromatic rings. The SMILES string of the molecule is CCN(CCCOc1ccc(NS(C)(=O)=O)cc1)CCCc1cc(=O)n(C)c(=O)n1C. The molecule has 1 aromatic carbocycles. The van der Waals surface area contributed by atoms with E-state index in [9.17, 15) is 18.0 Å². The number of ether oxygens (including phenoxy) is 1. The van der Waals surface area contributed by atoms with Gasteiger partial charge in [-0.05, 0) is 56.6 Å². The molecule has 0 spiro atoms. The molecule has 0 aliphatic rings. The van der Waals surface area contributed by atoms with Crippen LogP contribution in [-0.2, 0) is 30.5 Å². The Balaban J connectivity index is 1.74. The maximum Gasteiger partial charge on any atom is 0.330 e. The minimum absolute atomic E-state index is 0.275. The van der Waals surface area contributed by atoms with E-state index in [2.05, 4.69) is 16.5 Å². The molecule has 1 aromatic heterocycles. The third kappa shape index (κ3) is 7.87. The van der Waals surface area contributed by atoms with Crippen LogP contribution in [0.5, 0.6) is 5.75 Å². The van der Waals surface area contributed by atoms with Crippen molar-refractivity contribution in [3.63, 3.8) is 0 Å². The van der Waals surface area contributed by atoms with Crippen molar-refractivity contribution >= 4 is 15.7 Å². The molecule has 0 aliphatic carbocycles. The fourth-order valence-electron chi connectivity index (χ4n) is 3.24. The van der Waals surface area contributed by atoms with Gasteiger partial charge in [-0.2, -0.15) is 0 Å². The van der Waals surface area contributed by atoms with Crippen LogP contribution in [0.2, 0.25) is 0 Å². The second-order valence-corrected chi connectivity index (χ2v) is 9.26. The summed E-state index contributed by atoms with van der Waals surface area (Å²) in [6.07, 6.45) is 3.48. The van der Waals surface area contributed by atoms with E-state index >= 15 is 0 Å². The summed E-state index contributed by atoms with van der Waals surface area (Å²) in [5.74, 6) is 0.689. The summed E-state index contributed by atoms with van der Waals surface area (Å²) in [6, 6.07) is 8.33. The van der Waals surface area contributed by atoms with Crippen LogP contribution >= 0.6 is 0 Å². The van der Waals surface area contributed by atoms with Gasteiger partial charge in [-0.15, -0.1) is 0 Å². The Morgan fingerprint density at radius 2 is 1.68 bits per heavy atom. The molecule has 1 heterocycles. The van der Waals surface area contributed by atoms with Crippen LogP contribution in [0.1, 0.15) is 25.5 Å². The number of aryl methyl sites for hydroxylation is 1. The highest BCUT2D eigenvalue weighted by Gasteiger charge is 2.08. The Morgan fingerprint density at radius 3 is 2.29 bits per heavy atom. The number of nitrogens with one attached hydrogen (secondary N) is 1. The van der Waals surface area contributed by atoms with Crippen LogP contribution in [-0.4, -0.2) is 54.9 Å². The molecule has 0 amide bonds. The van der Waals surface area contributed by atoms with Crippen LogP contribution in [0, 0.1) is 0 Å². The normalized spacial score (nSPS) is 11.6. The zero-order chi connectivity index (χ0) is 23.0. The van der Waals surface area contributed by atoms with Crippen molar-refractivity contribution in [1.29, 1.82) is 0 Å². The minimum Gasteiger partial charge on any atom is -0.494 e. The summed E-state index contributed by atoms with van der Waals surface area (Å²) < 4.78 is 33.2. The number of sulfonamides is 1. The molecule has 0 atom stereocenters. The van der Waals surface area contributed by atoms with E-state index in [1.165, 1.54) is 17.7 Å². The monoisotopic (exact) mass is 452 g/mol. The van der Waals surface area contributed by atoms with Gasteiger partial charge in [0.1, 0.15) is 5.75 Å². The summed E-state index contributed by atoms with van der Waals surface area (Å²) in [5, 5.41) is 0. The maximum absolute atomic E-state index is 12.0. The molecule has 0 unspecified atom stereocenters. The number of benzene rings is 1. The first-order valence-corrected chi connectivity index (χ1v) is 12.2. The van der Waals surface area contributed by atoms with Crippen molar-refractivity contribution < 1.29 is 13.2 Å². The summed E-state index contributed by atoms with van der Waals surface area (Å²) in [5.41, 5.74) is 0.678. The smallest absolute Gasteiger partial charge is 0.330 e. The Kier molecular flexibility index (Phi) is 8.88. The molecule has 1 N–H and O–H groups in total. The maximum atomic E-state index is 12.0. The first kappa shape index (κ1) is 24.7. The highest BCUT2D eigenvalue weighted by molar-refractivity contribution is 7.92. The van der Waals surface area contributed by atoms with Crippen LogP contribution < -0.4 is 20.7 Å². The van der Waals surface area contributed by atoms with Crippen molar-refractivity contribution in [2.45, 2.75) is 26.2 Å². The molecular formula is C21H32N4O5S. The van der Waals surface area contributed by atoms with E-state index < -0.39 is 10.0 Å². The molecule has 0 radical (unpaired) electrons. The van der Waals surface area contributed by atoms with Crippen molar-refractivity contribution in [1.82, 2.24) is 14.0 Å². The van der Waals surface area contributed by atoms with E-state index in [1.807, 2.05) is 0 Å². The van der Waals surface area contributed by atoms with Gasteiger partial charge >= 0.3 is 5.69 Å². The minimum atomic E-state index is -3.29. The van der Waals surface area contributed by atoms with E-state index in [4.69, 9.17) is 4.74 Å². The summed E-state index contributed by atoms with van der Waals surface area (Å²) in [6.45, 7) is 5.30. The van der Waals surface area contributed by atoms with Crippen LogP contribution in [0.4, 0.5) is 5.69 Å².